The molecule has 1 fully saturated rings. The van der Waals surface area contributed by atoms with Gasteiger partial charge >= 0.3 is 0 Å². The van der Waals surface area contributed by atoms with Crippen molar-refractivity contribution in [3.63, 3.8) is 0 Å². The largest absolute Gasteiger partial charge is 0.337 e. The highest BCUT2D eigenvalue weighted by atomic mass is 32.2. The van der Waals surface area contributed by atoms with Crippen molar-refractivity contribution in [2.45, 2.75) is 50.2 Å². The molecule has 1 aliphatic heterocycles. The van der Waals surface area contributed by atoms with Crippen molar-refractivity contribution in [2.75, 3.05) is 6.54 Å². The Labute approximate surface area is 114 Å². The number of hydrogen-bond donors (Lipinski definition) is 1. The molecule has 0 saturated carbocycles. The zero-order chi connectivity index (χ0) is 14.2. The summed E-state index contributed by atoms with van der Waals surface area (Å²) < 4.78 is 28.6. The highest BCUT2D eigenvalue weighted by Gasteiger charge is 2.36. The van der Waals surface area contributed by atoms with E-state index in [0.29, 0.717) is 12.4 Å². The first-order valence-corrected chi connectivity index (χ1v) is 8.05. The van der Waals surface area contributed by atoms with E-state index >= 15 is 0 Å². The summed E-state index contributed by atoms with van der Waals surface area (Å²) in [6.07, 6.45) is 4.30. The number of nitrogens with zero attached hydrogens (tertiary/aromatic N) is 3. The van der Waals surface area contributed by atoms with Crippen LogP contribution in [0, 0.1) is 6.92 Å². The zero-order valence-corrected chi connectivity index (χ0v) is 12.5. The fraction of sp³-hybridized carbons (Fsp3) is 0.750. The van der Waals surface area contributed by atoms with E-state index in [0.717, 1.165) is 19.3 Å². The molecule has 0 radical (unpaired) electrons. The molecular weight excluding hydrogens is 264 g/mol. The van der Waals surface area contributed by atoms with E-state index in [4.69, 9.17) is 5.73 Å². The third kappa shape index (κ3) is 2.68. The lowest BCUT2D eigenvalue weighted by molar-refractivity contribution is 0.227. The summed E-state index contributed by atoms with van der Waals surface area (Å²) in [6.45, 7) is 4.19. The number of piperidine rings is 1. The van der Waals surface area contributed by atoms with E-state index in [-0.39, 0.29) is 17.1 Å². The Morgan fingerprint density at radius 3 is 2.68 bits per heavy atom. The van der Waals surface area contributed by atoms with Gasteiger partial charge in [0.2, 0.25) is 0 Å². The Morgan fingerprint density at radius 2 is 2.16 bits per heavy atom. The van der Waals surface area contributed by atoms with Gasteiger partial charge in [-0.15, -0.1) is 0 Å². The number of nitrogens with two attached hydrogens (primary N) is 1. The van der Waals surface area contributed by atoms with Crippen LogP contribution in [-0.2, 0) is 17.1 Å². The highest BCUT2D eigenvalue weighted by molar-refractivity contribution is 7.89. The Kier molecular flexibility index (Phi) is 3.98. The van der Waals surface area contributed by atoms with E-state index in [9.17, 15) is 8.42 Å². The van der Waals surface area contributed by atoms with E-state index in [1.807, 2.05) is 6.92 Å². The molecule has 19 heavy (non-hydrogen) atoms. The Hall–Kier alpha value is -0.920. The predicted octanol–water partition coefficient (Wildman–Crippen LogP) is 0.619. The van der Waals surface area contributed by atoms with Crippen LogP contribution in [0.3, 0.4) is 0 Å². The number of hydrogen-bond acceptors (Lipinski definition) is 4. The summed E-state index contributed by atoms with van der Waals surface area (Å²) >= 11 is 0. The molecule has 1 aromatic heterocycles. The van der Waals surface area contributed by atoms with E-state index in [1.54, 1.807) is 24.7 Å². The number of imidazole rings is 1. The summed E-state index contributed by atoms with van der Waals surface area (Å²) in [5.41, 5.74) is 5.94. The van der Waals surface area contributed by atoms with E-state index in [2.05, 4.69) is 4.98 Å². The smallest absolute Gasteiger partial charge is 0.262 e. The average molecular weight is 286 g/mol. The van der Waals surface area contributed by atoms with Crippen LogP contribution >= 0.6 is 0 Å². The molecule has 0 bridgehead atoms. The minimum absolute atomic E-state index is 0.124. The Balaban J connectivity index is 2.37. The second-order valence-electron chi connectivity index (χ2n) is 5.28. The third-order valence-electron chi connectivity index (χ3n) is 3.76. The topological polar surface area (TPSA) is 81.2 Å². The maximum absolute atomic E-state index is 12.7. The normalized spacial score (nSPS) is 23.5. The minimum atomic E-state index is -3.54. The van der Waals surface area contributed by atoms with Crippen molar-refractivity contribution in [3.05, 3.63) is 12.0 Å². The van der Waals surface area contributed by atoms with Gasteiger partial charge in [0.1, 0.15) is 5.82 Å². The first-order chi connectivity index (χ1) is 8.84. The molecule has 6 nitrogen and oxygen atoms in total. The molecule has 108 valence electrons. The minimum Gasteiger partial charge on any atom is -0.337 e. The predicted molar refractivity (Wildman–Crippen MR) is 73.1 cm³/mol. The van der Waals surface area contributed by atoms with Crippen LogP contribution < -0.4 is 5.73 Å². The highest BCUT2D eigenvalue weighted by Crippen LogP contribution is 2.26. The first-order valence-electron chi connectivity index (χ1n) is 6.61. The van der Waals surface area contributed by atoms with Gasteiger partial charge in [-0.25, -0.2) is 13.4 Å². The van der Waals surface area contributed by atoms with Crippen LogP contribution in [0.15, 0.2) is 11.2 Å². The van der Waals surface area contributed by atoms with Crippen LogP contribution in [0.5, 0.6) is 0 Å². The molecule has 2 heterocycles. The zero-order valence-electron chi connectivity index (χ0n) is 11.7. The van der Waals surface area contributed by atoms with Crippen molar-refractivity contribution >= 4 is 10.0 Å². The fourth-order valence-corrected chi connectivity index (χ4v) is 4.33. The lowest BCUT2D eigenvalue weighted by Crippen LogP contribution is -2.51. The lowest BCUT2D eigenvalue weighted by atomic mass is 10.00. The molecule has 2 unspecified atom stereocenters. The van der Waals surface area contributed by atoms with Gasteiger partial charge in [0, 0.05) is 31.9 Å². The first kappa shape index (κ1) is 14.5. The maximum Gasteiger partial charge on any atom is 0.262 e. The van der Waals surface area contributed by atoms with E-state index in [1.165, 1.54) is 4.31 Å². The molecule has 2 atom stereocenters. The van der Waals surface area contributed by atoms with Crippen LogP contribution in [-0.4, -0.2) is 40.9 Å². The molecule has 0 spiro atoms. The molecule has 0 aromatic carbocycles. The lowest BCUT2D eigenvalue weighted by Gasteiger charge is -2.36. The molecule has 1 saturated heterocycles. The van der Waals surface area contributed by atoms with Crippen molar-refractivity contribution in [2.24, 2.45) is 12.8 Å². The standard InChI is InChI=1S/C12H22N4O2S/c1-9(13)11-6-4-5-7-16(11)19(17,18)12-8-15(3)10(2)14-12/h8-9,11H,4-7,13H2,1-3H3. The van der Waals surface area contributed by atoms with Gasteiger partial charge in [0.05, 0.1) is 0 Å². The van der Waals surface area contributed by atoms with Gasteiger partial charge in [-0.1, -0.05) is 6.42 Å². The molecule has 1 aromatic rings. The summed E-state index contributed by atoms with van der Waals surface area (Å²) in [6, 6.07) is -0.291. The Morgan fingerprint density at radius 1 is 1.47 bits per heavy atom. The van der Waals surface area contributed by atoms with Crippen molar-refractivity contribution in [3.8, 4) is 0 Å². The quantitative estimate of drug-likeness (QED) is 0.883. The summed E-state index contributed by atoms with van der Waals surface area (Å²) in [7, 11) is -1.74. The van der Waals surface area contributed by atoms with Gasteiger partial charge in [-0.3, -0.25) is 0 Å². The Bertz CT molecular complexity index is 531. The second kappa shape index (κ2) is 5.22. The van der Waals surface area contributed by atoms with Crippen LogP contribution in [0.4, 0.5) is 0 Å². The van der Waals surface area contributed by atoms with Crippen molar-refractivity contribution in [1.29, 1.82) is 0 Å². The number of aromatic nitrogens is 2. The molecule has 1 aliphatic rings. The van der Waals surface area contributed by atoms with Crippen molar-refractivity contribution < 1.29 is 8.42 Å². The van der Waals surface area contributed by atoms with Gasteiger partial charge in [-0.05, 0) is 26.7 Å². The second-order valence-corrected chi connectivity index (χ2v) is 7.11. The van der Waals surface area contributed by atoms with Gasteiger partial charge < -0.3 is 10.3 Å². The summed E-state index contributed by atoms with van der Waals surface area (Å²) in [5.74, 6) is 0.688. The van der Waals surface area contributed by atoms with Crippen LogP contribution in [0.25, 0.3) is 0 Å². The van der Waals surface area contributed by atoms with Gasteiger partial charge in [0.15, 0.2) is 5.03 Å². The SMILES string of the molecule is Cc1nc(S(=O)(=O)N2CCCCC2C(C)N)cn1C. The maximum atomic E-state index is 12.7. The number of aryl methyl sites for hydroxylation is 2. The monoisotopic (exact) mass is 286 g/mol. The van der Waals surface area contributed by atoms with Gasteiger partial charge in [-0.2, -0.15) is 4.31 Å². The van der Waals surface area contributed by atoms with E-state index < -0.39 is 10.0 Å². The fourth-order valence-electron chi connectivity index (χ4n) is 2.53. The molecule has 2 rings (SSSR count). The van der Waals surface area contributed by atoms with Crippen LogP contribution in [0.1, 0.15) is 32.0 Å². The van der Waals surface area contributed by atoms with Crippen LogP contribution in [0.2, 0.25) is 0 Å². The summed E-state index contributed by atoms with van der Waals surface area (Å²) in [4.78, 5) is 4.14. The number of sulfonamides is 1. The molecule has 2 N–H and O–H groups in total. The average Bonchev–Trinajstić information content (AvgIpc) is 2.70. The van der Waals surface area contributed by atoms with Gasteiger partial charge in [0.25, 0.3) is 10.0 Å². The third-order valence-corrected chi connectivity index (χ3v) is 5.56. The summed E-state index contributed by atoms with van der Waals surface area (Å²) in [5, 5.41) is 0.125. The molecule has 7 heteroatoms. The molecule has 0 aliphatic carbocycles. The van der Waals surface area contributed by atoms with Crippen molar-refractivity contribution in [1.82, 2.24) is 13.9 Å². The molecular formula is C12H22N4O2S. The number of rotatable bonds is 3. The molecule has 0 amide bonds.